The molecule has 0 saturated carbocycles. The number of amides is 1. The molecule has 0 saturated heterocycles. The molecule has 1 unspecified atom stereocenters. The number of fused-ring (bicyclic) bond motifs is 2. The van der Waals surface area contributed by atoms with Gasteiger partial charge in [-0.15, -0.1) is 0 Å². The largest absolute Gasteiger partial charge is 0.490 e. The third-order valence-electron chi connectivity index (χ3n) is 4.81. The molecule has 5 nitrogen and oxygen atoms in total. The van der Waals surface area contributed by atoms with Crippen molar-refractivity contribution in [1.29, 1.82) is 0 Å². The van der Waals surface area contributed by atoms with Gasteiger partial charge in [-0.3, -0.25) is 4.79 Å². The summed E-state index contributed by atoms with van der Waals surface area (Å²) in [4.78, 5) is 13.6. The Morgan fingerprint density at radius 1 is 1.00 bits per heavy atom. The molecule has 142 valence electrons. The minimum atomic E-state index is -0.0545. The maximum atomic E-state index is 12.4. The number of hydrogen-bond acceptors (Lipinski definition) is 3. The number of nitrogens with one attached hydrogen (secondary N) is 2. The van der Waals surface area contributed by atoms with Crippen LogP contribution in [0, 0.1) is 0 Å². The maximum absolute atomic E-state index is 12.4. The molecule has 4 rings (SSSR count). The zero-order valence-corrected chi connectivity index (χ0v) is 16.3. The van der Waals surface area contributed by atoms with Crippen LogP contribution in [-0.2, 0) is 17.8 Å². The van der Waals surface area contributed by atoms with Crippen molar-refractivity contribution in [3.8, 4) is 11.5 Å². The molecule has 27 heavy (non-hydrogen) atoms. The lowest BCUT2D eigenvalue weighted by Gasteiger charge is -2.26. The van der Waals surface area contributed by atoms with Gasteiger partial charge in [0.25, 0.3) is 5.91 Å². The highest BCUT2D eigenvalue weighted by molar-refractivity contribution is 6.35. The van der Waals surface area contributed by atoms with Gasteiger partial charge >= 0.3 is 0 Å². The SMILES string of the molecule is O=C(C[NH+]1CCc2cc3c(cc2C1)OCCCO3)Nc1cc(Cl)cc(Cl)c1. The number of halogens is 2. The number of carbonyl (C=O) groups excluding carboxylic acids is 1. The summed E-state index contributed by atoms with van der Waals surface area (Å²) < 4.78 is 11.6. The van der Waals surface area contributed by atoms with Crippen LogP contribution in [0.15, 0.2) is 30.3 Å². The van der Waals surface area contributed by atoms with Crippen molar-refractivity contribution < 1.29 is 19.2 Å². The summed E-state index contributed by atoms with van der Waals surface area (Å²) >= 11 is 12.0. The molecule has 0 fully saturated rings. The summed E-state index contributed by atoms with van der Waals surface area (Å²) in [6.07, 6.45) is 1.81. The average molecular weight is 408 g/mol. The van der Waals surface area contributed by atoms with Gasteiger partial charge in [0.2, 0.25) is 0 Å². The number of hydrogen-bond donors (Lipinski definition) is 2. The molecule has 7 heteroatoms. The van der Waals surface area contributed by atoms with E-state index < -0.39 is 0 Å². The molecular weight excluding hydrogens is 387 g/mol. The van der Waals surface area contributed by atoms with Gasteiger partial charge in [0, 0.05) is 34.1 Å². The average Bonchev–Trinajstić information content (AvgIpc) is 2.83. The first-order valence-corrected chi connectivity index (χ1v) is 9.83. The quantitative estimate of drug-likeness (QED) is 0.822. The van der Waals surface area contributed by atoms with Gasteiger partial charge in [-0.05, 0) is 35.9 Å². The smallest absolute Gasteiger partial charge is 0.279 e. The molecule has 2 aliphatic rings. The summed E-state index contributed by atoms with van der Waals surface area (Å²) in [6.45, 7) is 3.44. The van der Waals surface area contributed by atoms with E-state index in [0.29, 0.717) is 35.5 Å². The number of rotatable bonds is 3. The number of ether oxygens (including phenoxy) is 2. The Balaban J connectivity index is 1.42. The van der Waals surface area contributed by atoms with Crippen LogP contribution in [0.5, 0.6) is 11.5 Å². The zero-order chi connectivity index (χ0) is 18.8. The number of quaternary nitrogens is 1. The zero-order valence-electron chi connectivity index (χ0n) is 14.8. The summed E-state index contributed by atoms with van der Waals surface area (Å²) in [5.74, 6) is 1.59. The van der Waals surface area contributed by atoms with Crippen molar-refractivity contribution in [1.82, 2.24) is 0 Å². The molecule has 0 aromatic heterocycles. The Morgan fingerprint density at radius 3 is 2.37 bits per heavy atom. The normalized spacial score (nSPS) is 18.4. The molecule has 2 heterocycles. The van der Waals surface area contributed by atoms with E-state index in [1.54, 1.807) is 18.2 Å². The minimum absolute atomic E-state index is 0.0545. The molecule has 1 amide bonds. The van der Waals surface area contributed by atoms with Crippen molar-refractivity contribution >= 4 is 34.8 Å². The van der Waals surface area contributed by atoms with Crippen LogP contribution in [0.4, 0.5) is 5.69 Å². The van der Waals surface area contributed by atoms with E-state index in [1.807, 2.05) is 0 Å². The van der Waals surface area contributed by atoms with Crippen molar-refractivity contribution in [2.45, 2.75) is 19.4 Å². The highest BCUT2D eigenvalue weighted by Crippen LogP contribution is 2.33. The Hall–Kier alpha value is -1.95. The molecule has 2 aromatic rings. The van der Waals surface area contributed by atoms with E-state index >= 15 is 0 Å². The van der Waals surface area contributed by atoms with E-state index in [0.717, 1.165) is 37.4 Å². The van der Waals surface area contributed by atoms with E-state index in [2.05, 4.69) is 17.4 Å². The third kappa shape index (κ3) is 4.49. The second-order valence-corrected chi connectivity index (χ2v) is 7.80. The second-order valence-electron chi connectivity index (χ2n) is 6.93. The van der Waals surface area contributed by atoms with Crippen LogP contribution in [0.3, 0.4) is 0 Å². The Labute approximate surface area is 168 Å². The van der Waals surface area contributed by atoms with Crippen LogP contribution in [-0.4, -0.2) is 32.2 Å². The topological polar surface area (TPSA) is 52.0 Å². The minimum Gasteiger partial charge on any atom is -0.490 e. The van der Waals surface area contributed by atoms with E-state index in [-0.39, 0.29) is 5.91 Å². The monoisotopic (exact) mass is 407 g/mol. The molecule has 2 aliphatic heterocycles. The lowest BCUT2D eigenvalue weighted by Crippen LogP contribution is -3.12. The van der Waals surface area contributed by atoms with Crippen LogP contribution in [0.25, 0.3) is 0 Å². The highest BCUT2D eigenvalue weighted by atomic mass is 35.5. The summed E-state index contributed by atoms with van der Waals surface area (Å²) in [7, 11) is 0. The summed E-state index contributed by atoms with van der Waals surface area (Å²) in [5.41, 5.74) is 3.12. The standard InChI is InChI=1S/C20H20Cl2N2O3/c21-15-8-16(22)10-17(9-15)23-20(25)12-24-3-2-13-6-18-19(7-14(13)11-24)27-5-1-4-26-18/h6-10H,1-5,11-12H2,(H,23,25)/p+1. The fraction of sp³-hybridized carbons (Fsp3) is 0.350. The van der Waals surface area contributed by atoms with E-state index in [9.17, 15) is 4.79 Å². The van der Waals surface area contributed by atoms with E-state index in [4.69, 9.17) is 32.7 Å². The molecular formula is C20H21Cl2N2O3+. The van der Waals surface area contributed by atoms with E-state index in [1.165, 1.54) is 16.0 Å². The second kappa shape index (κ2) is 7.97. The van der Waals surface area contributed by atoms with Crippen LogP contribution in [0.1, 0.15) is 17.5 Å². The fourth-order valence-electron chi connectivity index (χ4n) is 3.57. The van der Waals surface area contributed by atoms with Crippen molar-refractivity contribution in [2.75, 3.05) is 31.6 Å². The van der Waals surface area contributed by atoms with Gasteiger partial charge in [-0.2, -0.15) is 0 Å². The number of anilines is 1. The maximum Gasteiger partial charge on any atom is 0.279 e. The number of benzene rings is 2. The van der Waals surface area contributed by atoms with Crippen LogP contribution in [0.2, 0.25) is 10.0 Å². The molecule has 0 spiro atoms. The predicted octanol–water partition coefficient (Wildman–Crippen LogP) is 2.73. The molecule has 0 bridgehead atoms. The first-order chi connectivity index (χ1) is 13.1. The summed E-state index contributed by atoms with van der Waals surface area (Å²) in [6, 6.07) is 9.20. The molecule has 0 radical (unpaired) electrons. The lowest BCUT2D eigenvalue weighted by atomic mass is 9.99. The molecule has 2 aromatic carbocycles. The molecule has 0 aliphatic carbocycles. The Morgan fingerprint density at radius 2 is 1.67 bits per heavy atom. The van der Waals surface area contributed by atoms with Crippen molar-refractivity contribution in [2.24, 2.45) is 0 Å². The third-order valence-corrected chi connectivity index (χ3v) is 5.25. The lowest BCUT2D eigenvalue weighted by molar-refractivity contribution is -0.907. The van der Waals surface area contributed by atoms with Gasteiger partial charge in [-0.1, -0.05) is 23.2 Å². The van der Waals surface area contributed by atoms with Gasteiger partial charge in [-0.25, -0.2) is 0 Å². The Kier molecular flexibility index (Phi) is 5.43. The Bertz CT molecular complexity index is 852. The molecule has 2 N–H and O–H groups in total. The van der Waals surface area contributed by atoms with Crippen LogP contribution >= 0.6 is 23.2 Å². The van der Waals surface area contributed by atoms with Crippen molar-refractivity contribution in [3.05, 3.63) is 51.5 Å². The van der Waals surface area contributed by atoms with Crippen molar-refractivity contribution in [3.63, 3.8) is 0 Å². The fourth-order valence-corrected chi connectivity index (χ4v) is 4.09. The summed E-state index contributed by atoms with van der Waals surface area (Å²) in [5, 5.41) is 3.88. The van der Waals surface area contributed by atoms with Gasteiger partial charge in [0.15, 0.2) is 18.0 Å². The first kappa shape index (κ1) is 18.4. The number of carbonyl (C=O) groups is 1. The van der Waals surface area contributed by atoms with Gasteiger partial charge < -0.3 is 19.7 Å². The van der Waals surface area contributed by atoms with Gasteiger partial charge in [0.05, 0.1) is 19.8 Å². The first-order valence-electron chi connectivity index (χ1n) is 9.08. The molecule has 1 atom stereocenters. The predicted molar refractivity (Wildman–Crippen MR) is 105 cm³/mol. The van der Waals surface area contributed by atoms with Crippen LogP contribution < -0.4 is 19.7 Å². The highest BCUT2D eigenvalue weighted by Gasteiger charge is 2.25. The van der Waals surface area contributed by atoms with Gasteiger partial charge in [0.1, 0.15) is 6.54 Å².